The fourth-order valence-corrected chi connectivity index (χ4v) is 2.53. The second-order valence-electron chi connectivity index (χ2n) is 6.41. The van der Waals surface area contributed by atoms with Crippen LogP contribution in [0, 0.1) is 5.92 Å². The fraction of sp³-hybridized carbons (Fsp3) is 0.444. The first-order chi connectivity index (χ1) is 11.8. The van der Waals surface area contributed by atoms with Gasteiger partial charge in [0.15, 0.2) is 0 Å². The van der Waals surface area contributed by atoms with Gasteiger partial charge in [-0.1, -0.05) is 27.2 Å². The molecule has 0 aliphatic carbocycles. The van der Waals surface area contributed by atoms with Gasteiger partial charge in [-0.25, -0.2) is 0 Å². The molecule has 0 radical (unpaired) electrons. The molecule has 0 saturated heterocycles. The largest absolute Gasteiger partial charge is 0.494 e. The molecule has 0 atom stereocenters. The second kappa shape index (κ2) is 7.92. The van der Waals surface area contributed by atoms with Crippen molar-refractivity contribution >= 4 is 22.6 Å². The Balaban J connectivity index is 2.28. The van der Waals surface area contributed by atoms with Crippen LogP contribution in [-0.4, -0.2) is 26.6 Å². The number of nitrogens with zero attached hydrogens (tertiary/aromatic N) is 3. The quantitative estimate of drug-likeness (QED) is 0.771. The van der Waals surface area contributed by atoms with Gasteiger partial charge in [-0.3, -0.25) is 14.2 Å². The highest BCUT2D eigenvalue weighted by Gasteiger charge is 2.17. The Labute approximate surface area is 146 Å². The summed E-state index contributed by atoms with van der Waals surface area (Å²) in [5.74, 6) is -1.10. The number of azo groups is 1. The number of rotatable bonds is 6. The molecular formula is C18H23N3O4. The van der Waals surface area contributed by atoms with Crippen molar-refractivity contribution in [1.29, 1.82) is 0 Å². The summed E-state index contributed by atoms with van der Waals surface area (Å²) in [6.45, 7) is 6.25. The van der Waals surface area contributed by atoms with E-state index in [1.807, 2.05) is 20.8 Å². The normalized spacial score (nSPS) is 11.7. The molecule has 2 rings (SSSR count). The number of amides is 2. The number of benzene rings is 1. The predicted molar refractivity (Wildman–Crippen MR) is 93.8 cm³/mol. The number of carbonyl (C=O) groups excluding carboxylic acids is 2. The summed E-state index contributed by atoms with van der Waals surface area (Å²) in [4.78, 5) is 23.6. The van der Waals surface area contributed by atoms with Crippen molar-refractivity contribution in [2.75, 3.05) is 0 Å². The molecule has 0 saturated carbocycles. The fourth-order valence-electron chi connectivity index (χ4n) is 2.53. The maximum absolute atomic E-state index is 12.1. The van der Waals surface area contributed by atoms with Crippen molar-refractivity contribution in [2.45, 2.75) is 46.6 Å². The molecule has 2 aromatic rings. The Hall–Kier alpha value is -2.70. The minimum absolute atomic E-state index is 0.0336. The molecule has 134 valence electrons. The molecule has 1 heterocycles. The van der Waals surface area contributed by atoms with Crippen LogP contribution in [0.5, 0.6) is 11.8 Å². The topological polar surface area (TPSA) is 104 Å². The number of fused-ring (bicyclic) bond motifs is 1. The second-order valence-corrected chi connectivity index (χ2v) is 6.41. The lowest BCUT2D eigenvalue weighted by atomic mass is 10.1. The van der Waals surface area contributed by atoms with Gasteiger partial charge in [0.2, 0.25) is 11.8 Å². The van der Waals surface area contributed by atoms with E-state index in [-0.39, 0.29) is 29.7 Å². The SMILES string of the molecule is CCCCn1c(O)c2ccc(C(=O)N=NC(=O)CC(C)C)cc2c1O. The van der Waals surface area contributed by atoms with Crippen LogP contribution >= 0.6 is 0 Å². The van der Waals surface area contributed by atoms with Crippen molar-refractivity contribution in [2.24, 2.45) is 16.1 Å². The van der Waals surface area contributed by atoms with Crippen LogP contribution in [0.15, 0.2) is 28.4 Å². The summed E-state index contributed by atoms with van der Waals surface area (Å²) >= 11 is 0. The Morgan fingerprint density at radius 1 is 1.12 bits per heavy atom. The summed E-state index contributed by atoms with van der Waals surface area (Å²) in [6, 6.07) is 4.48. The van der Waals surface area contributed by atoms with Crippen molar-refractivity contribution in [3.8, 4) is 11.8 Å². The zero-order chi connectivity index (χ0) is 18.6. The van der Waals surface area contributed by atoms with Gasteiger partial charge in [0.1, 0.15) is 0 Å². The average Bonchev–Trinajstić information content (AvgIpc) is 2.81. The van der Waals surface area contributed by atoms with Gasteiger partial charge in [-0.05, 0) is 30.5 Å². The third-order valence-electron chi connectivity index (χ3n) is 3.83. The Bertz CT molecular complexity index is 821. The van der Waals surface area contributed by atoms with E-state index in [0.29, 0.717) is 17.3 Å². The van der Waals surface area contributed by atoms with E-state index < -0.39 is 11.8 Å². The maximum atomic E-state index is 12.1. The first-order valence-corrected chi connectivity index (χ1v) is 8.38. The summed E-state index contributed by atoms with van der Waals surface area (Å²) in [6.07, 6.45) is 1.95. The lowest BCUT2D eigenvalue weighted by molar-refractivity contribution is -0.119. The van der Waals surface area contributed by atoms with Crippen molar-refractivity contribution < 1.29 is 19.8 Å². The molecule has 1 aromatic carbocycles. The van der Waals surface area contributed by atoms with Crippen molar-refractivity contribution in [3.05, 3.63) is 23.8 Å². The highest BCUT2D eigenvalue weighted by molar-refractivity contribution is 6.02. The van der Waals surface area contributed by atoms with Crippen LogP contribution in [-0.2, 0) is 11.3 Å². The van der Waals surface area contributed by atoms with Gasteiger partial charge < -0.3 is 10.2 Å². The lowest BCUT2D eigenvalue weighted by Gasteiger charge is -2.04. The number of aromatic hydroxyl groups is 2. The van der Waals surface area contributed by atoms with E-state index in [2.05, 4.69) is 10.2 Å². The average molecular weight is 345 g/mol. The zero-order valence-corrected chi connectivity index (χ0v) is 14.7. The van der Waals surface area contributed by atoms with Crippen molar-refractivity contribution in [3.63, 3.8) is 0 Å². The molecule has 0 aliphatic rings. The Morgan fingerprint density at radius 3 is 2.44 bits per heavy atom. The van der Waals surface area contributed by atoms with Crippen LogP contribution < -0.4 is 0 Å². The minimum Gasteiger partial charge on any atom is -0.494 e. The molecule has 0 aliphatic heterocycles. The van der Waals surface area contributed by atoms with E-state index in [4.69, 9.17) is 0 Å². The molecular weight excluding hydrogens is 322 g/mol. The molecule has 7 nitrogen and oxygen atoms in total. The Morgan fingerprint density at radius 2 is 1.80 bits per heavy atom. The van der Waals surface area contributed by atoms with Crippen LogP contribution in [0.4, 0.5) is 0 Å². The van der Waals surface area contributed by atoms with Gasteiger partial charge in [0, 0.05) is 29.3 Å². The number of aromatic nitrogens is 1. The van der Waals surface area contributed by atoms with E-state index in [1.54, 1.807) is 6.07 Å². The minimum atomic E-state index is -0.667. The van der Waals surface area contributed by atoms with Gasteiger partial charge in [-0.15, -0.1) is 10.2 Å². The van der Waals surface area contributed by atoms with E-state index in [1.165, 1.54) is 16.7 Å². The number of carbonyl (C=O) groups is 2. The van der Waals surface area contributed by atoms with Crippen LogP contribution in [0.25, 0.3) is 10.8 Å². The first kappa shape index (κ1) is 18.6. The highest BCUT2D eigenvalue weighted by atomic mass is 16.3. The lowest BCUT2D eigenvalue weighted by Crippen LogP contribution is -2.00. The number of unbranched alkanes of at least 4 members (excludes halogenated alkanes) is 1. The molecule has 0 bridgehead atoms. The summed E-state index contributed by atoms with van der Waals surface area (Å²) in [5.41, 5.74) is 0.191. The van der Waals surface area contributed by atoms with E-state index in [9.17, 15) is 19.8 Å². The Kier molecular flexibility index (Phi) is 5.90. The van der Waals surface area contributed by atoms with Crippen molar-refractivity contribution in [1.82, 2.24) is 4.57 Å². The summed E-state index contributed by atoms with van der Waals surface area (Å²) < 4.78 is 1.41. The summed E-state index contributed by atoms with van der Waals surface area (Å²) in [7, 11) is 0. The third kappa shape index (κ3) is 4.23. The molecule has 0 fully saturated rings. The molecule has 0 unspecified atom stereocenters. The molecule has 25 heavy (non-hydrogen) atoms. The molecule has 0 spiro atoms. The molecule has 7 heteroatoms. The highest BCUT2D eigenvalue weighted by Crippen LogP contribution is 2.37. The van der Waals surface area contributed by atoms with E-state index in [0.717, 1.165) is 12.8 Å². The van der Waals surface area contributed by atoms with Crippen LogP contribution in [0.3, 0.4) is 0 Å². The third-order valence-corrected chi connectivity index (χ3v) is 3.83. The van der Waals surface area contributed by atoms with Gasteiger partial charge in [0.05, 0.1) is 0 Å². The van der Waals surface area contributed by atoms with Gasteiger partial charge in [0.25, 0.3) is 11.8 Å². The van der Waals surface area contributed by atoms with Gasteiger partial charge in [-0.2, -0.15) is 0 Å². The van der Waals surface area contributed by atoms with Gasteiger partial charge >= 0.3 is 0 Å². The standard InChI is InChI=1S/C18H23N3O4/c1-4-5-8-21-17(24)13-7-6-12(10-14(13)18(21)25)16(23)20-19-15(22)9-11(2)3/h6-7,10-11,24-25H,4-5,8-9H2,1-3H3. The molecule has 2 N–H and O–H groups in total. The zero-order valence-electron chi connectivity index (χ0n) is 14.7. The van der Waals surface area contributed by atoms with Crippen LogP contribution in [0.1, 0.15) is 50.4 Å². The molecule has 2 amide bonds. The first-order valence-electron chi connectivity index (χ1n) is 8.38. The maximum Gasteiger partial charge on any atom is 0.295 e. The van der Waals surface area contributed by atoms with E-state index >= 15 is 0 Å². The smallest absolute Gasteiger partial charge is 0.295 e. The molecule has 1 aromatic heterocycles. The number of hydrogen-bond acceptors (Lipinski definition) is 4. The number of hydrogen-bond donors (Lipinski definition) is 2. The monoisotopic (exact) mass is 345 g/mol. The van der Waals surface area contributed by atoms with Crippen LogP contribution in [0.2, 0.25) is 0 Å². The predicted octanol–water partition coefficient (Wildman–Crippen LogP) is 4.02. The summed E-state index contributed by atoms with van der Waals surface area (Å²) in [5, 5.41) is 28.2.